The highest BCUT2D eigenvalue weighted by molar-refractivity contribution is 5.81. The fraction of sp³-hybridized carbons (Fsp3) is 0.917. The van der Waals surface area contributed by atoms with Crippen molar-refractivity contribution in [3.8, 4) is 0 Å². The summed E-state index contributed by atoms with van der Waals surface area (Å²) in [5.74, 6) is 0.557. The molecule has 1 unspecified atom stereocenters. The molecule has 0 bridgehead atoms. The van der Waals surface area contributed by atoms with E-state index >= 15 is 0 Å². The van der Waals surface area contributed by atoms with Gasteiger partial charge in [0.1, 0.15) is 0 Å². The maximum Gasteiger partial charge on any atom is 0.239 e. The van der Waals surface area contributed by atoms with Crippen LogP contribution in [0, 0.1) is 5.92 Å². The predicted molar refractivity (Wildman–Crippen MR) is 63.9 cm³/mol. The lowest BCUT2D eigenvalue weighted by atomic mass is 10.1. The first-order valence-corrected chi connectivity index (χ1v) is 6.34. The Hall–Kier alpha value is -0.610. The van der Waals surface area contributed by atoms with E-state index in [2.05, 4.69) is 6.92 Å². The number of hydrogen-bond donors (Lipinski definition) is 2. The molecule has 1 fully saturated rings. The van der Waals surface area contributed by atoms with E-state index in [1.165, 1.54) is 0 Å². The van der Waals surface area contributed by atoms with Crippen LogP contribution >= 0.6 is 0 Å². The highest BCUT2D eigenvalue weighted by atomic mass is 16.3. The lowest BCUT2D eigenvalue weighted by Gasteiger charge is -2.20. The maximum atomic E-state index is 11.9. The number of unbranched alkanes of at least 4 members (excludes halogenated alkanes) is 1. The summed E-state index contributed by atoms with van der Waals surface area (Å²) in [5, 5.41) is 8.85. The van der Waals surface area contributed by atoms with Gasteiger partial charge >= 0.3 is 0 Å². The number of aliphatic hydroxyl groups is 1. The van der Waals surface area contributed by atoms with Crippen molar-refractivity contribution in [3.63, 3.8) is 0 Å². The number of amides is 1. The zero-order valence-corrected chi connectivity index (χ0v) is 10.2. The second kappa shape index (κ2) is 6.86. The van der Waals surface area contributed by atoms with Crippen LogP contribution in [0.5, 0.6) is 0 Å². The Kier molecular flexibility index (Phi) is 5.77. The first kappa shape index (κ1) is 13.5. The van der Waals surface area contributed by atoms with Gasteiger partial charge in [-0.05, 0) is 25.2 Å². The van der Waals surface area contributed by atoms with E-state index in [1.807, 2.05) is 4.90 Å². The zero-order chi connectivity index (χ0) is 12.0. The number of nitrogens with zero attached hydrogens (tertiary/aromatic N) is 1. The highest BCUT2D eigenvalue weighted by Gasteiger charge is 2.28. The van der Waals surface area contributed by atoms with Gasteiger partial charge in [-0.15, -0.1) is 0 Å². The molecule has 4 heteroatoms. The van der Waals surface area contributed by atoms with Crippen LogP contribution in [0.25, 0.3) is 0 Å². The summed E-state index contributed by atoms with van der Waals surface area (Å²) in [6.45, 7) is 3.90. The molecule has 4 nitrogen and oxygen atoms in total. The van der Waals surface area contributed by atoms with Crippen LogP contribution < -0.4 is 5.73 Å². The summed E-state index contributed by atoms with van der Waals surface area (Å²) in [5.41, 5.74) is 5.86. The molecule has 16 heavy (non-hydrogen) atoms. The van der Waals surface area contributed by atoms with Crippen molar-refractivity contribution in [3.05, 3.63) is 0 Å². The third kappa shape index (κ3) is 3.76. The van der Waals surface area contributed by atoms with E-state index in [0.717, 1.165) is 45.2 Å². The van der Waals surface area contributed by atoms with Crippen LogP contribution in [0.1, 0.15) is 39.0 Å². The second-order valence-electron chi connectivity index (χ2n) is 4.70. The van der Waals surface area contributed by atoms with Gasteiger partial charge in [0, 0.05) is 19.7 Å². The molecule has 1 heterocycles. The van der Waals surface area contributed by atoms with E-state index in [9.17, 15) is 4.79 Å². The lowest BCUT2D eigenvalue weighted by molar-refractivity contribution is -0.131. The minimum atomic E-state index is -0.326. The maximum absolute atomic E-state index is 11.9. The van der Waals surface area contributed by atoms with Crippen molar-refractivity contribution < 1.29 is 9.90 Å². The fourth-order valence-corrected chi connectivity index (χ4v) is 2.23. The summed E-state index contributed by atoms with van der Waals surface area (Å²) < 4.78 is 0. The van der Waals surface area contributed by atoms with E-state index < -0.39 is 0 Å². The number of likely N-dealkylation sites (tertiary alicyclic amines) is 1. The van der Waals surface area contributed by atoms with Crippen LogP contribution in [0.15, 0.2) is 0 Å². The first-order valence-electron chi connectivity index (χ1n) is 6.34. The van der Waals surface area contributed by atoms with Crippen LogP contribution in [-0.2, 0) is 4.79 Å². The third-order valence-electron chi connectivity index (χ3n) is 3.32. The lowest BCUT2D eigenvalue weighted by Crippen LogP contribution is -2.42. The number of rotatable bonds is 6. The molecule has 2 atom stereocenters. The fourth-order valence-electron chi connectivity index (χ4n) is 2.23. The summed E-state index contributed by atoms with van der Waals surface area (Å²) in [6, 6.07) is -0.326. The molecule has 0 aromatic heterocycles. The molecule has 1 saturated heterocycles. The van der Waals surface area contributed by atoms with Crippen molar-refractivity contribution >= 4 is 5.91 Å². The Morgan fingerprint density at radius 3 is 3.00 bits per heavy atom. The summed E-state index contributed by atoms with van der Waals surface area (Å²) >= 11 is 0. The van der Waals surface area contributed by atoms with Gasteiger partial charge in [-0.3, -0.25) is 4.79 Å². The quantitative estimate of drug-likeness (QED) is 0.704. The predicted octanol–water partition coefficient (Wildman–Crippen LogP) is 0.735. The third-order valence-corrected chi connectivity index (χ3v) is 3.32. The Bertz CT molecular complexity index is 221. The Balaban J connectivity index is 2.32. The van der Waals surface area contributed by atoms with Crippen LogP contribution in [-0.4, -0.2) is 41.7 Å². The molecule has 0 spiro atoms. The van der Waals surface area contributed by atoms with Gasteiger partial charge in [0.05, 0.1) is 6.04 Å². The monoisotopic (exact) mass is 228 g/mol. The molecule has 3 N–H and O–H groups in total. The summed E-state index contributed by atoms with van der Waals surface area (Å²) in [6.07, 6.45) is 4.69. The van der Waals surface area contributed by atoms with Gasteiger partial charge < -0.3 is 15.7 Å². The van der Waals surface area contributed by atoms with E-state index in [1.54, 1.807) is 0 Å². The average Bonchev–Trinajstić information content (AvgIpc) is 2.74. The van der Waals surface area contributed by atoms with Crippen molar-refractivity contribution in [2.24, 2.45) is 11.7 Å². The Morgan fingerprint density at radius 2 is 2.38 bits per heavy atom. The molecule has 1 rings (SSSR count). The topological polar surface area (TPSA) is 66.6 Å². The number of aliphatic hydroxyl groups excluding tert-OH is 1. The Labute approximate surface area is 97.8 Å². The summed E-state index contributed by atoms with van der Waals surface area (Å²) in [4.78, 5) is 13.8. The van der Waals surface area contributed by atoms with Gasteiger partial charge in [0.2, 0.25) is 5.91 Å². The minimum absolute atomic E-state index is 0.0916. The van der Waals surface area contributed by atoms with Gasteiger partial charge in [0.25, 0.3) is 0 Å². The standard InChI is InChI=1S/C12H24N2O2/c1-2-3-4-11(13)12(16)14-7-5-10(9-14)6-8-15/h10-11,15H,2-9,13H2,1H3/t10?,11-/m0/s1. The molecule has 94 valence electrons. The molecule has 1 aliphatic heterocycles. The van der Waals surface area contributed by atoms with Crippen molar-refractivity contribution in [1.82, 2.24) is 4.90 Å². The number of hydrogen-bond acceptors (Lipinski definition) is 3. The molecular weight excluding hydrogens is 204 g/mol. The first-order chi connectivity index (χ1) is 7.69. The van der Waals surface area contributed by atoms with E-state index in [0.29, 0.717) is 5.92 Å². The van der Waals surface area contributed by atoms with Crippen molar-refractivity contribution in [2.75, 3.05) is 19.7 Å². The SMILES string of the molecule is CCCC[C@H](N)C(=O)N1CCC(CCO)C1. The van der Waals surface area contributed by atoms with Crippen molar-refractivity contribution in [2.45, 2.75) is 45.1 Å². The Morgan fingerprint density at radius 1 is 1.62 bits per heavy atom. The zero-order valence-electron chi connectivity index (χ0n) is 10.2. The largest absolute Gasteiger partial charge is 0.396 e. The average molecular weight is 228 g/mol. The second-order valence-corrected chi connectivity index (χ2v) is 4.70. The van der Waals surface area contributed by atoms with Crippen LogP contribution in [0.4, 0.5) is 0 Å². The van der Waals surface area contributed by atoms with Gasteiger partial charge in [-0.25, -0.2) is 0 Å². The number of carbonyl (C=O) groups is 1. The molecule has 1 aliphatic rings. The van der Waals surface area contributed by atoms with Gasteiger partial charge in [-0.2, -0.15) is 0 Å². The normalized spacial score (nSPS) is 22.4. The molecule has 1 amide bonds. The summed E-state index contributed by atoms with van der Waals surface area (Å²) in [7, 11) is 0. The molecular formula is C12H24N2O2. The molecule has 0 aromatic rings. The van der Waals surface area contributed by atoms with Crippen LogP contribution in [0.3, 0.4) is 0 Å². The van der Waals surface area contributed by atoms with E-state index in [-0.39, 0.29) is 18.6 Å². The molecule has 0 aromatic carbocycles. The highest BCUT2D eigenvalue weighted by Crippen LogP contribution is 2.20. The number of nitrogens with two attached hydrogens (primary N) is 1. The van der Waals surface area contributed by atoms with Gasteiger partial charge in [0.15, 0.2) is 0 Å². The number of carbonyl (C=O) groups excluding carboxylic acids is 1. The molecule has 0 aliphatic carbocycles. The van der Waals surface area contributed by atoms with E-state index in [4.69, 9.17) is 10.8 Å². The van der Waals surface area contributed by atoms with Crippen molar-refractivity contribution in [1.29, 1.82) is 0 Å². The minimum Gasteiger partial charge on any atom is -0.396 e. The van der Waals surface area contributed by atoms with Crippen LogP contribution in [0.2, 0.25) is 0 Å². The smallest absolute Gasteiger partial charge is 0.239 e. The van der Waals surface area contributed by atoms with Gasteiger partial charge in [-0.1, -0.05) is 19.8 Å². The molecule has 0 radical (unpaired) electrons. The molecule has 0 saturated carbocycles.